The molecule has 0 N–H and O–H groups in total. The normalized spacial score (nSPS) is 15.2. The largest absolute Gasteiger partial charge is 0.428 e. The summed E-state index contributed by atoms with van der Waals surface area (Å²) in [6.07, 6.45) is 0.943. The third-order valence-corrected chi connectivity index (χ3v) is 4.36. The molecule has 1 aliphatic rings. The monoisotopic (exact) mass is 274 g/mol. The molecule has 0 aromatic heterocycles. The van der Waals surface area contributed by atoms with Crippen molar-refractivity contribution in [1.29, 1.82) is 0 Å². The smallest absolute Gasteiger partial charge is 0.330 e. The van der Waals surface area contributed by atoms with Gasteiger partial charge in [0, 0.05) is 16.9 Å². The third-order valence-electron chi connectivity index (χ3n) is 3.82. The van der Waals surface area contributed by atoms with Gasteiger partial charge in [-0.2, -0.15) is 12.6 Å². The van der Waals surface area contributed by atoms with Crippen molar-refractivity contribution in [1.82, 2.24) is 0 Å². The van der Waals surface area contributed by atoms with Gasteiger partial charge in [0.2, 0.25) is 0 Å². The molecule has 1 heterocycles. The first-order valence-corrected chi connectivity index (χ1v) is 7.04. The van der Waals surface area contributed by atoms with Gasteiger partial charge in [0.15, 0.2) is 0 Å². The van der Waals surface area contributed by atoms with Crippen LogP contribution in [0.15, 0.2) is 23.2 Å². The number of thiol groups is 1. The van der Waals surface area contributed by atoms with E-state index in [4.69, 9.17) is 4.65 Å². The molecule has 0 aliphatic carbocycles. The van der Waals surface area contributed by atoms with Crippen LogP contribution in [0.2, 0.25) is 0 Å². The summed E-state index contributed by atoms with van der Waals surface area (Å²) in [7, 11) is 1.83. The van der Waals surface area contributed by atoms with Gasteiger partial charge in [-0.1, -0.05) is 17.6 Å². The van der Waals surface area contributed by atoms with E-state index >= 15 is 0 Å². The Balaban J connectivity index is 2.05. The molecule has 0 saturated heterocycles. The lowest BCUT2D eigenvalue weighted by atomic mass is 9.83. The van der Waals surface area contributed by atoms with Crippen LogP contribution in [0.4, 0.5) is 5.69 Å². The highest BCUT2D eigenvalue weighted by molar-refractivity contribution is 7.81. The van der Waals surface area contributed by atoms with Gasteiger partial charge in [0.1, 0.15) is 0 Å². The third kappa shape index (κ3) is 3.23. The van der Waals surface area contributed by atoms with Crippen LogP contribution in [0.1, 0.15) is 40.2 Å². The predicted octanol–water partition coefficient (Wildman–Crippen LogP) is 3.08. The van der Waals surface area contributed by atoms with Crippen LogP contribution in [-0.2, 0) is 11.1 Å². The van der Waals surface area contributed by atoms with Crippen molar-refractivity contribution < 1.29 is 4.65 Å². The van der Waals surface area contributed by atoms with Gasteiger partial charge < -0.3 is 4.65 Å². The van der Waals surface area contributed by atoms with Gasteiger partial charge in [0.05, 0.1) is 11.3 Å². The fourth-order valence-corrected chi connectivity index (χ4v) is 1.86. The minimum absolute atomic E-state index is 0.208. The molecule has 1 radical (unpaired) electrons. The zero-order valence-corrected chi connectivity index (χ0v) is 13.2. The average Bonchev–Trinajstić information content (AvgIpc) is 2.64. The molecule has 101 valence electrons. The van der Waals surface area contributed by atoms with E-state index in [0.717, 1.165) is 17.6 Å². The van der Waals surface area contributed by atoms with Crippen LogP contribution in [0, 0.1) is 0 Å². The lowest BCUT2D eigenvalue weighted by molar-refractivity contribution is 0.0854. The number of fused-ring (bicyclic) bond motifs is 1. The van der Waals surface area contributed by atoms with Gasteiger partial charge >= 0.3 is 7.48 Å². The number of hydrogen-bond donors (Lipinski definition) is 1. The van der Waals surface area contributed by atoms with E-state index in [1.807, 2.05) is 13.5 Å². The van der Waals surface area contributed by atoms with E-state index in [9.17, 15) is 0 Å². The summed E-state index contributed by atoms with van der Waals surface area (Å²) in [6, 6.07) is 6.25. The first-order valence-electron chi connectivity index (χ1n) is 6.59. The number of aliphatic imine (C=N–C) groups is 1. The van der Waals surface area contributed by atoms with Gasteiger partial charge in [-0.05, 0) is 46.2 Å². The van der Waals surface area contributed by atoms with Crippen LogP contribution in [0.3, 0.4) is 0 Å². The molecule has 1 aromatic carbocycles. The molecule has 0 spiro atoms. The Morgan fingerprint density at radius 1 is 1.26 bits per heavy atom. The molecule has 1 aliphatic heterocycles. The molecule has 4 heteroatoms. The van der Waals surface area contributed by atoms with Crippen molar-refractivity contribution in [2.75, 3.05) is 0 Å². The van der Waals surface area contributed by atoms with E-state index in [2.05, 4.69) is 64.4 Å². The second kappa shape index (κ2) is 4.99. The summed E-state index contributed by atoms with van der Waals surface area (Å²) >= 11 is 4.60. The maximum atomic E-state index is 5.93. The Bertz CT molecular complexity index is 517. The maximum Gasteiger partial charge on any atom is 0.330 e. The predicted molar refractivity (Wildman–Crippen MR) is 86.5 cm³/mol. The van der Waals surface area contributed by atoms with Crippen LogP contribution < -0.4 is 5.46 Å². The zero-order chi connectivity index (χ0) is 14.3. The fraction of sp³-hybridized carbons (Fsp3) is 0.533. The molecule has 0 unspecified atom stereocenters. The lowest BCUT2D eigenvalue weighted by Crippen LogP contribution is -2.45. The number of rotatable bonds is 4. The summed E-state index contributed by atoms with van der Waals surface area (Å²) in [4.78, 5) is 4.49. The highest BCUT2D eigenvalue weighted by Gasteiger charge is 2.34. The molecule has 19 heavy (non-hydrogen) atoms. The van der Waals surface area contributed by atoms with Crippen molar-refractivity contribution >= 4 is 37.0 Å². The summed E-state index contributed by atoms with van der Waals surface area (Å²) < 4.78 is 5.72. The van der Waals surface area contributed by atoms with E-state index in [1.165, 1.54) is 11.3 Å². The summed E-state index contributed by atoms with van der Waals surface area (Å²) in [5.74, 6) is 0. The summed E-state index contributed by atoms with van der Waals surface area (Å²) in [6.45, 7) is 10.3. The SMILES string of the molecule is CC1=Nc2ccc([B]OC(C)(C)C(C)(C)S)cc2C1. The Labute approximate surface area is 122 Å². The molecule has 0 atom stereocenters. The highest BCUT2D eigenvalue weighted by Crippen LogP contribution is 2.30. The lowest BCUT2D eigenvalue weighted by Gasteiger charge is -2.38. The van der Waals surface area contributed by atoms with Crippen LogP contribution >= 0.6 is 12.6 Å². The summed E-state index contributed by atoms with van der Waals surface area (Å²) in [5.41, 5.74) is 4.28. The van der Waals surface area contributed by atoms with Crippen LogP contribution in [0.25, 0.3) is 0 Å². The van der Waals surface area contributed by atoms with E-state index in [1.54, 1.807) is 0 Å². The van der Waals surface area contributed by atoms with Crippen molar-refractivity contribution in [3.63, 3.8) is 0 Å². The van der Waals surface area contributed by atoms with Crippen LogP contribution in [0.5, 0.6) is 0 Å². The average molecular weight is 274 g/mol. The molecule has 1 aromatic rings. The minimum atomic E-state index is -0.332. The van der Waals surface area contributed by atoms with E-state index in [-0.39, 0.29) is 10.3 Å². The molecular weight excluding hydrogens is 253 g/mol. The second-order valence-electron chi connectivity index (χ2n) is 6.22. The number of benzene rings is 1. The molecule has 2 nitrogen and oxygen atoms in total. The Morgan fingerprint density at radius 3 is 2.58 bits per heavy atom. The molecule has 2 rings (SSSR count). The van der Waals surface area contributed by atoms with Crippen molar-refractivity contribution in [3.8, 4) is 0 Å². The zero-order valence-electron chi connectivity index (χ0n) is 12.3. The first-order chi connectivity index (χ1) is 8.69. The number of hydrogen-bond acceptors (Lipinski definition) is 3. The fourth-order valence-electron chi connectivity index (χ4n) is 1.81. The summed E-state index contributed by atoms with van der Waals surface area (Å²) in [5, 5.41) is 0. The van der Waals surface area contributed by atoms with Gasteiger partial charge in [-0.25, -0.2) is 0 Å². The Kier molecular flexibility index (Phi) is 3.85. The molecule has 0 bridgehead atoms. The second-order valence-corrected chi connectivity index (χ2v) is 7.34. The van der Waals surface area contributed by atoms with E-state index in [0.29, 0.717) is 0 Å². The molecule has 0 amide bonds. The first kappa shape index (κ1) is 14.7. The molecule has 0 saturated carbocycles. The maximum absolute atomic E-state index is 5.93. The Hall–Kier alpha value is -0.735. The van der Waals surface area contributed by atoms with Crippen molar-refractivity contribution in [2.24, 2.45) is 4.99 Å². The Morgan fingerprint density at radius 2 is 1.95 bits per heavy atom. The van der Waals surface area contributed by atoms with Gasteiger partial charge in [0.25, 0.3) is 0 Å². The highest BCUT2D eigenvalue weighted by atomic mass is 32.1. The number of nitrogens with zero attached hydrogens (tertiary/aromatic N) is 1. The molecule has 0 fully saturated rings. The minimum Gasteiger partial charge on any atom is -0.428 e. The van der Waals surface area contributed by atoms with Crippen molar-refractivity contribution in [3.05, 3.63) is 23.8 Å². The van der Waals surface area contributed by atoms with E-state index < -0.39 is 0 Å². The van der Waals surface area contributed by atoms with Gasteiger partial charge in [-0.15, -0.1) is 0 Å². The van der Waals surface area contributed by atoms with Crippen LogP contribution in [-0.4, -0.2) is 23.5 Å². The van der Waals surface area contributed by atoms with Crippen molar-refractivity contribution in [2.45, 2.75) is 51.4 Å². The molecular formula is C15H21BNOS. The quantitative estimate of drug-likeness (QED) is 0.661. The standard InChI is InChI=1S/C15H21BNOS/c1-10-8-11-9-12(6-7-13(11)17-10)16-18-14(2,3)15(4,5)19/h6-7,9,19H,8H2,1-5H3. The topological polar surface area (TPSA) is 21.6 Å². The van der Waals surface area contributed by atoms with Gasteiger partial charge in [-0.3, -0.25) is 4.99 Å².